The average molecular weight is 270 g/mol. The van der Waals surface area contributed by atoms with Gasteiger partial charge in [-0.2, -0.15) is 0 Å². The maximum atomic E-state index is 6.05. The Labute approximate surface area is 111 Å². The van der Waals surface area contributed by atoms with E-state index in [1.807, 2.05) is 23.5 Å². The topological polar surface area (TPSA) is 21.3 Å². The number of methoxy groups -OCH3 is 1. The zero-order valence-electron chi connectivity index (χ0n) is 10.0. The van der Waals surface area contributed by atoms with Gasteiger partial charge in [0.15, 0.2) is 0 Å². The fraction of sp³-hybridized carbons (Fsp3) is 0.385. The molecular weight excluding hydrogens is 254 g/mol. The standard InChI is InChI=1S/C13H16ClNOS/c1-3-15-7-13-11(8-16-2)10-6-9(14)4-5-12(10)17-13/h4-6,15H,3,7-8H2,1-2H3. The lowest BCUT2D eigenvalue weighted by Gasteiger charge is -2.04. The Morgan fingerprint density at radius 3 is 2.94 bits per heavy atom. The monoisotopic (exact) mass is 269 g/mol. The highest BCUT2D eigenvalue weighted by Gasteiger charge is 2.11. The van der Waals surface area contributed by atoms with Gasteiger partial charge >= 0.3 is 0 Å². The first-order valence-electron chi connectivity index (χ1n) is 5.65. The number of fused-ring (bicyclic) bond motifs is 1. The fourth-order valence-corrected chi connectivity index (χ4v) is 3.19. The van der Waals surface area contributed by atoms with E-state index in [0.717, 1.165) is 18.1 Å². The lowest BCUT2D eigenvalue weighted by Crippen LogP contribution is -2.11. The summed E-state index contributed by atoms with van der Waals surface area (Å²) in [6, 6.07) is 6.04. The number of hydrogen-bond donors (Lipinski definition) is 1. The van der Waals surface area contributed by atoms with Crippen molar-refractivity contribution in [3.8, 4) is 0 Å². The predicted molar refractivity (Wildman–Crippen MR) is 74.9 cm³/mol. The molecule has 2 rings (SSSR count). The smallest absolute Gasteiger partial charge is 0.0730 e. The molecule has 1 aromatic heterocycles. The molecule has 2 aromatic rings. The summed E-state index contributed by atoms with van der Waals surface area (Å²) in [6.45, 7) is 4.62. The van der Waals surface area contributed by atoms with E-state index in [-0.39, 0.29) is 0 Å². The van der Waals surface area contributed by atoms with Gasteiger partial charge in [0.25, 0.3) is 0 Å². The molecule has 1 heterocycles. The Morgan fingerprint density at radius 2 is 2.24 bits per heavy atom. The third-order valence-electron chi connectivity index (χ3n) is 2.66. The van der Waals surface area contributed by atoms with Crippen LogP contribution in [0.4, 0.5) is 0 Å². The first kappa shape index (κ1) is 12.8. The molecule has 0 spiro atoms. The van der Waals surface area contributed by atoms with Crippen LogP contribution in [0.5, 0.6) is 0 Å². The summed E-state index contributed by atoms with van der Waals surface area (Å²) in [5.41, 5.74) is 1.26. The van der Waals surface area contributed by atoms with Crippen molar-refractivity contribution < 1.29 is 4.74 Å². The predicted octanol–water partition coefficient (Wildman–Crippen LogP) is 3.81. The number of nitrogens with one attached hydrogen (secondary N) is 1. The minimum Gasteiger partial charge on any atom is -0.380 e. The Kier molecular flexibility index (Phi) is 4.40. The Morgan fingerprint density at radius 1 is 1.41 bits per heavy atom. The third kappa shape index (κ3) is 2.80. The van der Waals surface area contributed by atoms with Crippen molar-refractivity contribution >= 4 is 33.0 Å². The molecule has 0 fully saturated rings. The molecule has 17 heavy (non-hydrogen) atoms. The van der Waals surface area contributed by atoms with Crippen LogP contribution in [0.1, 0.15) is 17.4 Å². The van der Waals surface area contributed by atoms with E-state index in [9.17, 15) is 0 Å². The van der Waals surface area contributed by atoms with Crippen molar-refractivity contribution in [2.45, 2.75) is 20.1 Å². The maximum Gasteiger partial charge on any atom is 0.0730 e. The van der Waals surface area contributed by atoms with Crippen LogP contribution in [0.15, 0.2) is 18.2 Å². The second kappa shape index (κ2) is 5.83. The van der Waals surface area contributed by atoms with Crippen LogP contribution >= 0.6 is 22.9 Å². The molecule has 2 nitrogen and oxygen atoms in total. The van der Waals surface area contributed by atoms with E-state index in [4.69, 9.17) is 16.3 Å². The summed E-state index contributed by atoms with van der Waals surface area (Å²) in [5.74, 6) is 0. The van der Waals surface area contributed by atoms with Crippen LogP contribution in [0.3, 0.4) is 0 Å². The van der Waals surface area contributed by atoms with Crippen molar-refractivity contribution in [2.75, 3.05) is 13.7 Å². The number of rotatable bonds is 5. The van der Waals surface area contributed by atoms with Crippen LogP contribution in [0.25, 0.3) is 10.1 Å². The molecular formula is C13H16ClNOS. The third-order valence-corrected chi connectivity index (χ3v) is 4.11. The highest BCUT2D eigenvalue weighted by atomic mass is 35.5. The van der Waals surface area contributed by atoms with Gasteiger partial charge in [-0.05, 0) is 30.1 Å². The van der Waals surface area contributed by atoms with Gasteiger partial charge in [0, 0.05) is 33.8 Å². The molecule has 0 radical (unpaired) electrons. The minimum atomic E-state index is 0.640. The van der Waals surface area contributed by atoms with Gasteiger partial charge in [-0.15, -0.1) is 11.3 Å². The molecule has 1 aromatic carbocycles. The highest BCUT2D eigenvalue weighted by Crippen LogP contribution is 2.33. The Bertz CT molecular complexity index is 509. The van der Waals surface area contributed by atoms with E-state index in [1.54, 1.807) is 7.11 Å². The zero-order valence-corrected chi connectivity index (χ0v) is 11.6. The molecule has 0 atom stereocenters. The van der Waals surface area contributed by atoms with Crippen molar-refractivity contribution in [1.29, 1.82) is 0 Å². The second-order valence-corrected chi connectivity index (χ2v) is 5.43. The van der Waals surface area contributed by atoms with Crippen LogP contribution in [0.2, 0.25) is 5.02 Å². The summed E-state index contributed by atoms with van der Waals surface area (Å²) in [7, 11) is 1.73. The molecule has 1 N–H and O–H groups in total. The van der Waals surface area contributed by atoms with Crippen molar-refractivity contribution in [3.63, 3.8) is 0 Å². The lowest BCUT2D eigenvalue weighted by atomic mass is 10.1. The van der Waals surface area contributed by atoms with Gasteiger partial charge in [0.05, 0.1) is 6.61 Å². The average Bonchev–Trinajstić information content (AvgIpc) is 2.65. The van der Waals surface area contributed by atoms with Gasteiger partial charge in [-0.25, -0.2) is 0 Å². The van der Waals surface area contributed by atoms with E-state index in [1.165, 1.54) is 20.5 Å². The van der Waals surface area contributed by atoms with E-state index in [2.05, 4.69) is 18.3 Å². The number of hydrogen-bond acceptors (Lipinski definition) is 3. The van der Waals surface area contributed by atoms with E-state index in [0.29, 0.717) is 6.61 Å². The van der Waals surface area contributed by atoms with Gasteiger partial charge < -0.3 is 10.1 Å². The van der Waals surface area contributed by atoms with Crippen molar-refractivity contribution in [3.05, 3.63) is 33.7 Å². The van der Waals surface area contributed by atoms with Crippen LogP contribution < -0.4 is 5.32 Å². The number of thiophene rings is 1. The molecule has 0 saturated carbocycles. The van der Waals surface area contributed by atoms with Gasteiger partial charge in [0.1, 0.15) is 0 Å². The molecule has 0 amide bonds. The summed E-state index contributed by atoms with van der Waals surface area (Å²) in [6.07, 6.45) is 0. The first-order valence-corrected chi connectivity index (χ1v) is 6.85. The summed E-state index contributed by atoms with van der Waals surface area (Å²) >= 11 is 7.86. The molecule has 4 heteroatoms. The molecule has 92 valence electrons. The normalized spacial score (nSPS) is 11.2. The van der Waals surface area contributed by atoms with Crippen LogP contribution in [0, 0.1) is 0 Å². The zero-order chi connectivity index (χ0) is 12.3. The maximum absolute atomic E-state index is 6.05. The van der Waals surface area contributed by atoms with E-state index >= 15 is 0 Å². The molecule has 0 aliphatic rings. The summed E-state index contributed by atoms with van der Waals surface area (Å²) in [5, 5.41) is 5.36. The summed E-state index contributed by atoms with van der Waals surface area (Å²) < 4.78 is 6.56. The number of halogens is 1. The Balaban J connectivity index is 2.46. The van der Waals surface area contributed by atoms with Gasteiger partial charge in [0.2, 0.25) is 0 Å². The largest absolute Gasteiger partial charge is 0.380 e. The molecule has 0 aliphatic heterocycles. The molecule has 0 unspecified atom stereocenters. The summed E-state index contributed by atoms with van der Waals surface area (Å²) in [4.78, 5) is 1.34. The number of ether oxygens (including phenoxy) is 1. The SMILES string of the molecule is CCNCc1sc2ccc(Cl)cc2c1COC. The van der Waals surface area contributed by atoms with Crippen molar-refractivity contribution in [2.24, 2.45) is 0 Å². The Hall–Kier alpha value is -0.610. The van der Waals surface area contributed by atoms with E-state index < -0.39 is 0 Å². The molecule has 0 saturated heterocycles. The highest BCUT2D eigenvalue weighted by molar-refractivity contribution is 7.19. The first-order chi connectivity index (χ1) is 8.26. The number of benzene rings is 1. The van der Waals surface area contributed by atoms with Crippen LogP contribution in [-0.4, -0.2) is 13.7 Å². The van der Waals surface area contributed by atoms with Crippen molar-refractivity contribution in [1.82, 2.24) is 5.32 Å². The van der Waals surface area contributed by atoms with Gasteiger partial charge in [-0.3, -0.25) is 0 Å². The van der Waals surface area contributed by atoms with Gasteiger partial charge in [-0.1, -0.05) is 18.5 Å². The molecule has 0 aliphatic carbocycles. The minimum absolute atomic E-state index is 0.640. The lowest BCUT2D eigenvalue weighted by molar-refractivity contribution is 0.185. The second-order valence-electron chi connectivity index (χ2n) is 3.86. The molecule has 0 bridgehead atoms. The quantitative estimate of drug-likeness (QED) is 0.891. The fourth-order valence-electron chi connectivity index (χ4n) is 1.86. The van der Waals surface area contributed by atoms with Crippen LogP contribution in [-0.2, 0) is 17.9 Å².